The van der Waals surface area contributed by atoms with Gasteiger partial charge in [0.2, 0.25) is 0 Å². The van der Waals surface area contributed by atoms with Gasteiger partial charge in [0, 0.05) is 104 Å². The summed E-state index contributed by atoms with van der Waals surface area (Å²) >= 11 is 3.05. The van der Waals surface area contributed by atoms with Crippen molar-refractivity contribution in [2.45, 2.75) is 7.43 Å². The molecule has 0 bridgehead atoms. The maximum Gasteiger partial charge on any atom is 0.354 e. The van der Waals surface area contributed by atoms with Gasteiger partial charge < -0.3 is 35.1 Å². The lowest BCUT2D eigenvalue weighted by Crippen LogP contribution is -2.38. The van der Waals surface area contributed by atoms with E-state index < -0.39 is 5.97 Å². The molecule has 6 aromatic heterocycles. The number of aromatic nitrogens is 6. The molecule has 19 heteroatoms. The van der Waals surface area contributed by atoms with Crippen LogP contribution in [0.25, 0.3) is 64.4 Å². The second kappa shape index (κ2) is 27.8. The van der Waals surface area contributed by atoms with Crippen LogP contribution in [0.3, 0.4) is 0 Å². The number of nitrogens with zero attached hydrogens (tertiary/aromatic N) is 8. The van der Waals surface area contributed by atoms with Crippen LogP contribution in [0.15, 0.2) is 170 Å². The molecular formula is C61H60N10O7S2. The van der Waals surface area contributed by atoms with Crippen LogP contribution in [0.4, 0.5) is 11.4 Å². The van der Waals surface area contributed by atoms with Crippen molar-refractivity contribution >= 4 is 66.6 Å². The van der Waals surface area contributed by atoms with E-state index in [1.807, 2.05) is 140 Å². The van der Waals surface area contributed by atoms with Crippen LogP contribution in [0.2, 0.25) is 0 Å². The van der Waals surface area contributed by atoms with Crippen molar-refractivity contribution in [1.29, 1.82) is 0 Å². The molecule has 12 rings (SSSR count). The Hall–Kier alpha value is -8.56. The number of hydrogen-bond acceptors (Lipinski definition) is 17. The number of nitrogens with one attached hydrogen (secondary N) is 1. The number of nitrogens with two attached hydrogens (primary N) is 1. The number of thiazole rings is 2. The van der Waals surface area contributed by atoms with Crippen molar-refractivity contribution in [3.05, 3.63) is 182 Å². The number of fused-ring (bicyclic) bond motifs is 2. The summed E-state index contributed by atoms with van der Waals surface area (Å²) in [7, 11) is 0. The fraction of sp³-hybridized carbons (Fsp3) is 0.213. The summed E-state index contributed by atoms with van der Waals surface area (Å²) in [6, 6.07) is 49.1. The molecule has 4 N–H and O–H groups in total. The summed E-state index contributed by atoms with van der Waals surface area (Å²) < 4.78 is 22.6. The third-order valence-electron chi connectivity index (χ3n) is 12.7. The number of amides is 1. The molecular weight excluding hydrogens is 1050 g/mol. The van der Waals surface area contributed by atoms with E-state index in [9.17, 15) is 14.7 Å². The third kappa shape index (κ3) is 15.0. The zero-order valence-electron chi connectivity index (χ0n) is 43.0. The Labute approximate surface area is 471 Å². The number of nitrogen functional groups attached to an aromatic ring is 1. The maximum atomic E-state index is 13.5. The van der Waals surface area contributed by atoms with Gasteiger partial charge in [0.15, 0.2) is 5.69 Å². The molecule has 0 saturated carbocycles. The topological polar surface area (TPSA) is 213 Å². The SMILES string of the molecule is C.Nc1ccccc1-c1nc2cccnc2s1.O=C(Nc1ccccc1-c1nc2cccnc2s1)c1cc(OCCN2CCOCC2)cc(-c2ccccc2)n1.O=C(O)c1cc(OCCN2CCOCC2)cc(-c2ccccc2)n1. The number of ether oxygens (including phenoxy) is 4. The number of carbonyl (C=O) groups is 2. The van der Waals surface area contributed by atoms with E-state index in [1.54, 1.807) is 35.9 Å². The highest BCUT2D eigenvalue weighted by molar-refractivity contribution is 7.21. The number of rotatable bonds is 15. The predicted molar refractivity (Wildman–Crippen MR) is 317 cm³/mol. The van der Waals surface area contributed by atoms with Crippen LogP contribution in [0, 0.1) is 0 Å². The summed E-state index contributed by atoms with van der Waals surface area (Å²) in [6.45, 7) is 9.15. The van der Waals surface area contributed by atoms with Gasteiger partial charge in [0.25, 0.3) is 5.91 Å². The number of anilines is 2. The van der Waals surface area contributed by atoms with E-state index in [4.69, 9.17) is 34.6 Å². The second-order valence-electron chi connectivity index (χ2n) is 18.1. The first-order chi connectivity index (χ1) is 38.8. The molecule has 408 valence electrons. The van der Waals surface area contributed by atoms with Gasteiger partial charge in [0.05, 0.1) is 43.5 Å². The lowest BCUT2D eigenvalue weighted by atomic mass is 10.1. The number of hydrogen-bond donors (Lipinski definition) is 3. The molecule has 4 aromatic carbocycles. The molecule has 2 aliphatic heterocycles. The minimum atomic E-state index is -1.06. The van der Waals surface area contributed by atoms with Crippen molar-refractivity contribution in [3.8, 4) is 55.2 Å². The average Bonchev–Trinajstić information content (AvgIpc) is 4.25. The fourth-order valence-electron chi connectivity index (χ4n) is 8.58. The zero-order valence-corrected chi connectivity index (χ0v) is 44.7. The molecule has 2 fully saturated rings. The van der Waals surface area contributed by atoms with Gasteiger partial charge >= 0.3 is 5.97 Å². The fourth-order valence-corrected chi connectivity index (χ4v) is 10.5. The number of carboxylic acid groups (broad SMARTS) is 1. The van der Waals surface area contributed by atoms with Gasteiger partial charge in [-0.25, -0.2) is 34.7 Å². The lowest BCUT2D eigenvalue weighted by molar-refractivity contribution is 0.0321. The molecule has 2 saturated heterocycles. The number of carboxylic acids is 1. The number of benzene rings is 4. The Kier molecular flexibility index (Phi) is 19.6. The second-order valence-corrected chi connectivity index (χ2v) is 20.0. The van der Waals surface area contributed by atoms with E-state index in [0.29, 0.717) is 41.8 Å². The molecule has 10 aromatic rings. The quantitative estimate of drug-likeness (QED) is 0.0814. The summed E-state index contributed by atoms with van der Waals surface area (Å²) in [6.07, 6.45) is 3.53. The smallest absolute Gasteiger partial charge is 0.354 e. The van der Waals surface area contributed by atoms with Crippen LogP contribution >= 0.6 is 22.7 Å². The number of pyridine rings is 4. The van der Waals surface area contributed by atoms with Gasteiger partial charge in [-0.1, -0.05) is 115 Å². The Bertz CT molecular complexity index is 3570. The minimum absolute atomic E-state index is 0. The average molecular weight is 1110 g/mol. The molecule has 0 spiro atoms. The molecule has 2 aliphatic rings. The predicted octanol–water partition coefficient (Wildman–Crippen LogP) is 11.1. The Morgan fingerprint density at radius 3 is 1.54 bits per heavy atom. The largest absolute Gasteiger partial charge is 0.492 e. The Balaban J connectivity index is 0.000000160. The van der Waals surface area contributed by atoms with Gasteiger partial charge in [-0.15, -0.1) is 0 Å². The van der Waals surface area contributed by atoms with E-state index >= 15 is 0 Å². The van der Waals surface area contributed by atoms with Gasteiger partial charge in [-0.3, -0.25) is 14.6 Å². The third-order valence-corrected chi connectivity index (χ3v) is 14.7. The van der Waals surface area contributed by atoms with Crippen molar-refractivity contribution < 1.29 is 33.6 Å². The van der Waals surface area contributed by atoms with Crippen molar-refractivity contribution in [1.82, 2.24) is 39.7 Å². The summed E-state index contributed by atoms with van der Waals surface area (Å²) in [4.78, 5) is 58.0. The van der Waals surface area contributed by atoms with E-state index in [-0.39, 0.29) is 24.7 Å². The van der Waals surface area contributed by atoms with Crippen molar-refractivity contribution in [2.24, 2.45) is 0 Å². The van der Waals surface area contributed by atoms with Crippen LogP contribution in [0.1, 0.15) is 28.4 Å². The van der Waals surface area contributed by atoms with Crippen molar-refractivity contribution in [2.75, 3.05) is 90.0 Å². The zero-order chi connectivity index (χ0) is 54.2. The molecule has 1 amide bonds. The minimum Gasteiger partial charge on any atom is -0.492 e. The number of aromatic carboxylic acids is 1. The Morgan fingerprint density at radius 2 is 1.02 bits per heavy atom. The lowest BCUT2D eigenvalue weighted by Gasteiger charge is -2.26. The molecule has 0 atom stereocenters. The van der Waals surface area contributed by atoms with Gasteiger partial charge in [-0.2, -0.15) is 0 Å². The number of morpholine rings is 2. The van der Waals surface area contributed by atoms with Crippen molar-refractivity contribution in [3.63, 3.8) is 0 Å². The highest BCUT2D eigenvalue weighted by atomic mass is 32.1. The van der Waals surface area contributed by atoms with E-state index in [0.717, 1.165) is 124 Å². The van der Waals surface area contributed by atoms with Crippen LogP contribution in [0.5, 0.6) is 11.5 Å². The van der Waals surface area contributed by atoms with Crippen LogP contribution in [-0.4, -0.2) is 136 Å². The first-order valence-electron chi connectivity index (χ1n) is 25.7. The first kappa shape index (κ1) is 56.2. The van der Waals surface area contributed by atoms with Crippen LogP contribution in [-0.2, 0) is 9.47 Å². The molecule has 80 heavy (non-hydrogen) atoms. The van der Waals surface area contributed by atoms with Crippen LogP contribution < -0.4 is 20.5 Å². The molecule has 8 heterocycles. The maximum absolute atomic E-state index is 13.5. The monoisotopic (exact) mass is 1110 g/mol. The number of carbonyl (C=O) groups excluding carboxylic acids is 1. The molecule has 17 nitrogen and oxygen atoms in total. The molecule has 0 radical (unpaired) electrons. The van der Waals surface area contributed by atoms with E-state index in [1.165, 1.54) is 17.4 Å². The highest BCUT2D eigenvalue weighted by Gasteiger charge is 2.19. The first-order valence-corrected chi connectivity index (χ1v) is 27.4. The van der Waals surface area contributed by atoms with E-state index in [2.05, 4.69) is 35.1 Å². The molecule has 0 unspecified atom stereocenters. The Morgan fingerprint density at radius 1 is 0.562 bits per heavy atom. The van der Waals surface area contributed by atoms with Gasteiger partial charge in [0.1, 0.15) is 61.1 Å². The standard InChI is InChI=1S/C30H27N5O3S.C18H20N2O4.C12H9N3S.CH4/c36-28(33-24-10-5-4-9-23(24)29-34-25-11-6-12-31-30(25)39-29)27-20-22(38-18-15-35-13-16-37-17-14-35)19-26(32-27)21-7-2-1-3-8-21;21-18(22)17-13-15(24-11-8-20-6-9-23-10-7-20)12-16(19-17)14-4-2-1-3-5-14;13-9-5-2-1-4-8(9)11-15-10-6-3-7-14-12(10)16-11;/h1-12,19-20H,13-18H2,(H,33,36);1-5,12-13H,6-11H2,(H,21,22);1-7H,13H2;1H4. The number of para-hydroxylation sites is 2. The normalized spacial score (nSPS) is 13.4. The highest BCUT2D eigenvalue weighted by Crippen LogP contribution is 2.35. The summed E-state index contributed by atoms with van der Waals surface area (Å²) in [5, 5.41) is 14.0. The molecule has 0 aliphatic carbocycles. The summed E-state index contributed by atoms with van der Waals surface area (Å²) in [5.74, 6) is -0.259. The van der Waals surface area contributed by atoms with Gasteiger partial charge in [-0.05, 0) is 48.5 Å². The summed E-state index contributed by atoms with van der Waals surface area (Å²) in [5.41, 5.74) is 14.2.